The molecular weight excluding hydrogens is 188 g/mol. The first-order valence-electron chi connectivity index (χ1n) is 5.54. The number of ether oxygens (including phenoxy) is 1. The van der Waals surface area contributed by atoms with Gasteiger partial charge in [0.1, 0.15) is 5.75 Å². The van der Waals surface area contributed by atoms with Gasteiger partial charge in [0, 0.05) is 5.56 Å². The van der Waals surface area contributed by atoms with Crippen molar-refractivity contribution in [2.24, 2.45) is 5.92 Å². The second-order valence-corrected chi connectivity index (χ2v) is 4.42. The van der Waals surface area contributed by atoms with Crippen LogP contribution >= 0.6 is 0 Å². The second-order valence-electron chi connectivity index (χ2n) is 4.42. The summed E-state index contributed by atoms with van der Waals surface area (Å²) >= 11 is 0. The molecule has 2 rings (SSSR count). The number of rotatable bonds is 2. The van der Waals surface area contributed by atoms with Crippen molar-refractivity contribution in [3.63, 3.8) is 0 Å². The maximum atomic E-state index is 10.7. The van der Waals surface area contributed by atoms with Gasteiger partial charge in [0.25, 0.3) is 0 Å². The van der Waals surface area contributed by atoms with Gasteiger partial charge in [-0.25, -0.2) is 0 Å². The Morgan fingerprint density at radius 2 is 2.13 bits per heavy atom. The van der Waals surface area contributed by atoms with Crippen molar-refractivity contribution in [3.05, 3.63) is 29.8 Å². The van der Waals surface area contributed by atoms with Crippen molar-refractivity contribution in [1.29, 1.82) is 0 Å². The van der Waals surface area contributed by atoms with Gasteiger partial charge in [-0.2, -0.15) is 0 Å². The quantitative estimate of drug-likeness (QED) is 0.806. The third kappa shape index (κ3) is 1.63. The molecule has 0 aliphatic heterocycles. The van der Waals surface area contributed by atoms with E-state index < -0.39 is 5.60 Å². The Morgan fingerprint density at radius 3 is 2.73 bits per heavy atom. The van der Waals surface area contributed by atoms with Crippen LogP contribution in [0.25, 0.3) is 0 Å². The van der Waals surface area contributed by atoms with Gasteiger partial charge in [-0.05, 0) is 31.2 Å². The van der Waals surface area contributed by atoms with E-state index in [2.05, 4.69) is 6.92 Å². The zero-order valence-corrected chi connectivity index (χ0v) is 9.36. The normalized spacial score (nSPS) is 30.5. The van der Waals surface area contributed by atoms with Gasteiger partial charge in [-0.1, -0.05) is 25.1 Å². The van der Waals surface area contributed by atoms with Crippen LogP contribution in [-0.2, 0) is 5.60 Å². The van der Waals surface area contributed by atoms with E-state index in [1.54, 1.807) is 7.11 Å². The average molecular weight is 206 g/mol. The first kappa shape index (κ1) is 10.5. The molecule has 1 aromatic rings. The molecule has 1 aromatic carbocycles. The minimum Gasteiger partial charge on any atom is -0.496 e. The predicted molar refractivity (Wildman–Crippen MR) is 59.9 cm³/mol. The largest absolute Gasteiger partial charge is 0.496 e. The molecule has 15 heavy (non-hydrogen) atoms. The summed E-state index contributed by atoms with van der Waals surface area (Å²) in [5.41, 5.74) is 0.254. The standard InChI is InChI=1S/C13H18O2/c1-10-6-5-9-13(10,14)11-7-3-4-8-12(11)15-2/h3-4,7-8,10,14H,5-6,9H2,1-2H3/t10-,13+/m1/s1. The Kier molecular flexibility index (Phi) is 2.70. The van der Waals surface area contributed by atoms with Crippen molar-refractivity contribution in [3.8, 4) is 5.75 Å². The molecule has 1 saturated carbocycles. The molecule has 1 fully saturated rings. The van der Waals surface area contributed by atoms with Gasteiger partial charge in [-0.15, -0.1) is 0 Å². The fraction of sp³-hybridized carbons (Fsp3) is 0.538. The summed E-state index contributed by atoms with van der Waals surface area (Å²) in [4.78, 5) is 0. The summed E-state index contributed by atoms with van der Waals surface area (Å²) in [5.74, 6) is 1.11. The van der Waals surface area contributed by atoms with Gasteiger partial charge in [0.15, 0.2) is 0 Å². The minimum atomic E-state index is -0.688. The minimum absolute atomic E-state index is 0.314. The topological polar surface area (TPSA) is 29.5 Å². The summed E-state index contributed by atoms with van der Waals surface area (Å²) < 4.78 is 5.31. The molecule has 0 bridgehead atoms. The maximum absolute atomic E-state index is 10.7. The van der Waals surface area contributed by atoms with E-state index in [9.17, 15) is 5.11 Å². The fourth-order valence-corrected chi connectivity index (χ4v) is 2.57. The first-order valence-corrected chi connectivity index (χ1v) is 5.54. The molecule has 0 aromatic heterocycles. The van der Waals surface area contributed by atoms with Crippen LogP contribution in [0.15, 0.2) is 24.3 Å². The van der Waals surface area contributed by atoms with E-state index >= 15 is 0 Å². The van der Waals surface area contributed by atoms with Crippen molar-refractivity contribution >= 4 is 0 Å². The van der Waals surface area contributed by atoms with E-state index in [0.717, 1.165) is 30.6 Å². The van der Waals surface area contributed by atoms with Crippen LogP contribution in [-0.4, -0.2) is 12.2 Å². The molecule has 1 N–H and O–H groups in total. The lowest BCUT2D eigenvalue weighted by Gasteiger charge is -2.29. The monoisotopic (exact) mass is 206 g/mol. The lowest BCUT2D eigenvalue weighted by molar-refractivity contribution is 0.00242. The van der Waals surface area contributed by atoms with Crippen molar-refractivity contribution in [2.45, 2.75) is 31.8 Å². The van der Waals surface area contributed by atoms with E-state index in [4.69, 9.17) is 4.74 Å². The Labute approximate surface area is 90.9 Å². The zero-order valence-electron chi connectivity index (χ0n) is 9.36. The van der Waals surface area contributed by atoms with Crippen LogP contribution in [0.2, 0.25) is 0 Å². The average Bonchev–Trinajstić information content (AvgIpc) is 2.60. The number of aliphatic hydroxyl groups is 1. The highest BCUT2D eigenvalue weighted by atomic mass is 16.5. The number of para-hydroxylation sites is 1. The molecule has 2 nitrogen and oxygen atoms in total. The highest BCUT2D eigenvalue weighted by Gasteiger charge is 2.41. The summed E-state index contributed by atoms with van der Waals surface area (Å²) in [5, 5.41) is 10.7. The Morgan fingerprint density at radius 1 is 1.40 bits per heavy atom. The summed E-state index contributed by atoms with van der Waals surface area (Å²) in [6.07, 6.45) is 3.03. The third-order valence-corrected chi connectivity index (χ3v) is 3.58. The maximum Gasteiger partial charge on any atom is 0.124 e. The van der Waals surface area contributed by atoms with Crippen LogP contribution in [0.4, 0.5) is 0 Å². The number of methoxy groups -OCH3 is 1. The molecule has 0 saturated heterocycles. The molecule has 2 heteroatoms. The summed E-state index contributed by atoms with van der Waals surface area (Å²) in [6, 6.07) is 7.78. The third-order valence-electron chi connectivity index (χ3n) is 3.58. The smallest absolute Gasteiger partial charge is 0.124 e. The highest BCUT2D eigenvalue weighted by Crippen LogP contribution is 2.46. The van der Waals surface area contributed by atoms with E-state index in [-0.39, 0.29) is 0 Å². The molecule has 1 aliphatic carbocycles. The van der Waals surface area contributed by atoms with Gasteiger partial charge < -0.3 is 9.84 Å². The Balaban J connectivity index is 2.43. The van der Waals surface area contributed by atoms with E-state index in [0.29, 0.717) is 5.92 Å². The Bertz CT molecular complexity index is 348. The van der Waals surface area contributed by atoms with Crippen LogP contribution in [0.3, 0.4) is 0 Å². The highest BCUT2D eigenvalue weighted by molar-refractivity contribution is 5.38. The van der Waals surface area contributed by atoms with Crippen molar-refractivity contribution in [2.75, 3.05) is 7.11 Å². The first-order chi connectivity index (χ1) is 7.18. The van der Waals surface area contributed by atoms with Gasteiger partial charge >= 0.3 is 0 Å². The van der Waals surface area contributed by atoms with Crippen LogP contribution in [0.1, 0.15) is 31.7 Å². The lowest BCUT2D eigenvalue weighted by atomic mass is 9.84. The van der Waals surface area contributed by atoms with Crippen LogP contribution in [0, 0.1) is 5.92 Å². The number of benzene rings is 1. The van der Waals surface area contributed by atoms with E-state index in [1.165, 1.54) is 0 Å². The molecule has 0 radical (unpaired) electrons. The van der Waals surface area contributed by atoms with Gasteiger partial charge in [-0.3, -0.25) is 0 Å². The number of hydrogen-bond donors (Lipinski definition) is 1. The van der Waals surface area contributed by atoms with Gasteiger partial charge in [0.05, 0.1) is 12.7 Å². The van der Waals surface area contributed by atoms with E-state index in [1.807, 2.05) is 24.3 Å². The molecule has 0 spiro atoms. The summed E-state index contributed by atoms with van der Waals surface area (Å²) in [6.45, 7) is 2.11. The molecule has 2 atom stereocenters. The molecule has 0 unspecified atom stereocenters. The lowest BCUT2D eigenvalue weighted by Crippen LogP contribution is -2.28. The SMILES string of the molecule is COc1ccccc1[C@]1(O)CCC[C@H]1C. The molecule has 1 aliphatic rings. The van der Waals surface area contributed by atoms with Crippen LogP contribution in [0.5, 0.6) is 5.75 Å². The molecular formula is C13H18O2. The molecule has 82 valence electrons. The molecule has 0 amide bonds. The number of hydrogen-bond acceptors (Lipinski definition) is 2. The van der Waals surface area contributed by atoms with Gasteiger partial charge in [0.2, 0.25) is 0 Å². The van der Waals surface area contributed by atoms with Crippen molar-refractivity contribution < 1.29 is 9.84 Å². The predicted octanol–water partition coefficient (Wildman–Crippen LogP) is 2.70. The fourth-order valence-electron chi connectivity index (χ4n) is 2.57. The Hall–Kier alpha value is -1.02. The molecule has 0 heterocycles. The van der Waals surface area contributed by atoms with Crippen molar-refractivity contribution in [1.82, 2.24) is 0 Å². The van der Waals surface area contributed by atoms with Crippen LogP contribution < -0.4 is 4.74 Å². The zero-order chi connectivity index (χ0) is 10.9. The second kappa shape index (κ2) is 3.86. The summed E-state index contributed by atoms with van der Waals surface area (Å²) in [7, 11) is 1.65.